The summed E-state index contributed by atoms with van der Waals surface area (Å²) in [6.07, 6.45) is -2.29. The number of hydrogen-bond acceptors (Lipinski definition) is 6. The zero-order chi connectivity index (χ0) is 27.4. The second-order valence-electron chi connectivity index (χ2n) is 8.60. The van der Waals surface area contributed by atoms with E-state index < -0.39 is 34.7 Å². The van der Waals surface area contributed by atoms with Crippen LogP contribution < -0.4 is 19.6 Å². The lowest BCUT2D eigenvalue weighted by molar-refractivity contribution is -0.154. The topological polar surface area (TPSA) is 75.0 Å². The lowest BCUT2D eigenvalue weighted by Crippen LogP contribution is -2.15. The molecule has 0 unspecified atom stereocenters. The normalized spacial score (nSPS) is 11.8. The van der Waals surface area contributed by atoms with E-state index in [0.717, 1.165) is 17.2 Å². The number of carbonyl (C=O) groups excluding carboxylic acids is 1. The molecule has 3 aromatic carbocycles. The lowest BCUT2D eigenvalue weighted by Gasteiger charge is -2.13. The first-order chi connectivity index (χ1) is 18.0. The molecule has 0 atom stereocenters. The number of fused-ring (bicyclic) bond motifs is 1. The minimum atomic E-state index is -5.03. The first-order valence-corrected chi connectivity index (χ1v) is 11.5. The maximum atomic E-state index is 13.8. The van der Waals surface area contributed by atoms with Crippen LogP contribution in [0.1, 0.15) is 36.7 Å². The van der Waals surface area contributed by atoms with Crippen molar-refractivity contribution in [1.82, 2.24) is 0 Å². The van der Waals surface area contributed by atoms with Crippen LogP contribution in [0.5, 0.6) is 23.0 Å². The Morgan fingerprint density at radius 3 is 2.16 bits per heavy atom. The molecule has 0 N–H and O–H groups in total. The summed E-state index contributed by atoms with van der Waals surface area (Å²) in [4.78, 5) is 25.2. The van der Waals surface area contributed by atoms with Gasteiger partial charge in [0.2, 0.25) is 11.2 Å². The van der Waals surface area contributed by atoms with Gasteiger partial charge in [-0.2, -0.15) is 13.2 Å². The summed E-state index contributed by atoms with van der Waals surface area (Å²) in [5, 5.41) is -0.179. The van der Waals surface area contributed by atoms with Crippen molar-refractivity contribution in [2.45, 2.75) is 25.9 Å². The van der Waals surface area contributed by atoms with Crippen molar-refractivity contribution in [3.8, 4) is 23.0 Å². The van der Waals surface area contributed by atoms with Gasteiger partial charge in [0.1, 0.15) is 22.8 Å². The Morgan fingerprint density at radius 1 is 0.921 bits per heavy atom. The monoisotopic (exact) mass is 524 g/mol. The molecule has 0 fully saturated rings. The van der Waals surface area contributed by atoms with Crippen molar-refractivity contribution in [2.75, 3.05) is 7.11 Å². The highest BCUT2D eigenvalue weighted by atomic mass is 19.4. The van der Waals surface area contributed by atoms with Crippen molar-refractivity contribution in [3.63, 3.8) is 0 Å². The van der Waals surface area contributed by atoms with Crippen LogP contribution in [0, 0.1) is 0 Å². The zero-order valence-electron chi connectivity index (χ0n) is 20.7. The Bertz CT molecular complexity index is 1530. The highest BCUT2D eigenvalue weighted by Gasteiger charge is 2.40. The van der Waals surface area contributed by atoms with E-state index in [9.17, 15) is 22.8 Å². The van der Waals surface area contributed by atoms with Crippen LogP contribution in [-0.2, 0) is 11.0 Å². The Balaban J connectivity index is 1.60. The number of ether oxygens (including phenoxy) is 3. The van der Waals surface area contributed by atoms with Crippen molar-refractivity contribution < 1.29 is 36.6 Å². The van der Waals surface area contributed by atoms with Gasteiger partial charge in [-0.3, -0.25) is 4.79 Å². The summed E-state index contributed by atoms with van der Waals surface area (Å²) in [5.74, 6) is -2.66. The fraction of sp³-hybridized carbons (Fsp3) is 0.172. The van der Waals surface area contributed by atoms with Crippen molar-refractivity contribution >= 4 is 23.0 Å². The molecule has 0 amide bonds. The van der Waals surface area contributed by atoms with Gasteiger partial charge in [0, 0.05) is 12.1 Å². The summed E-state index contributed by atoms with van der Waals surface area (Å²) in [6.45, 7) is 4.14. The standard InChI is InChI=1S/C29H23F3O6/c1-17(2)19-7-4-18(5-8-19)6-15-25(33)36-22-13-14-23-24(16-22)38-28(29(30,31)32)27(26(23)34)37-21-11-9-20(35-3)10-12-21/h4-17H,1-3H3. The smallest absolute Gasteiger partial charge is 0.453 e. The summed E-state index contributed by atoms with van der Waals surface area (Å²) in [7, 11) is 1.43. The highest BCUT2D eigenvalue weighted by Crippen LogP contribution is 2.39. The van der Waals surface area contributed by atoms with Crippen LogP contribution in [-0.4, -0.2) is 13.1 Å². The van der Waals surface area contributed by atoms with Gasteiger partial charge in [0.25, 0.3) is 5.76 Å². The number of halogens is 3. The molecule has 9 heteroatoms. The number of esters is 1. The Kier molecular flexibility index (Phi) is 7.57. The van der Waals surface area contributed by atoms with E-state index in [1.165, 1.54) is 49.6 Å². The SMILES string of the molecule is COc1ccc(Oc2c(C(F)(F)F)oc3cc(OC(=O)C=Cc4ccc(C(C)C)cc4)ccc3c2=O)cc1. The molecule has 0 aliphatic carbocycles. The number of alkyl halides is 3. The molecule has 0 aliphatic heterocycles. The third kappa shape index (κ3) is 6.05. The van der Waals surface area contributed by atoms with Gasteiger partial charge in [0.15, 0.2) is 0 Å². The molecule has 0 saturated heterocycles. The Morgan fingerprint density at radius 2 is 1.55 bits per heavy atom. The summed E-state index contributed by atoms with van der Waals surface area (Å²) < 4.78 is 61.9. The number of hydrogen-bond donors (Lipinski definition) is 0. The van der Waals surface area contributed by atoms with E-state index in [-0.39, 0.29) is 16.9 Å². The number of methoxy groups -OCH3 is 1. The molecule has 0 aliphatic rings. The van der Waals surface area contributed by atoms with Crippen LogP contribution >= 0.6 is 0 Å². The van der Waals surface area contributed by atoms with Gasteiger partial charge in [-0.25, -0.2) is 4.79 Å². The molecule has 38 heavy (non-hydrogen) atoms. The predicted octanol–water partition coefficient (Wildman–Crippen LogP) is 7.35. The van der Waals surface area contributed by atoms with Crippen LogP contribution in [0.3, 0.4) is 0 Å². The average Bonchev–Trinajstić information content (AvgIpc) is 2.89. The number of rotatable bonds is 7. The second-order valence-corrected chi connectivity index (χ2v) is 8.60. The molecular weight excluding hydrogens is 501 g/mol. The number of benzene rings is 3. The summed E-state index contributed by atoms with van der Waals surface area (Å²) in [6, 6.07) is 16.8. The molecule has 0 saturated carbocycles. The van der Waals surface area contributed by atoms with Crippen molar-refractivity contribution in [2.24, 2.45) is 0 Å². The van der Waals surface area contributed by atoms with Gasteiger partial charge in [0.05, 0.1) is 12.5 Å². The van der Waals surface area contributed by atoms with E-state index in [1.54, 1.807) is 6.08 Å². The molecular formula is C29H23F3O6. The molecule has 1 aromatic heterocycles. The van der Waals surface area contributed by atoms with Gasteiger partial charge >= 0.3 is 12.1 Å². The fourth-order valence-corrected chi connectivity index (χ4v) is 3.57. The maximum absolute atomic E-state index is 13.8. The summed E-state index contributed by atoms with van der Waals surface area (Å²) in [5.41, 5.74) is 0.480. The average molecular weight is 524 g/mol. The molecule has 196 valence electrons. The third-order valence-electron chi connectivity index (χ3n) is 5.59. The van der Waals surface area contributed by atoms with Crippen LogP contribution in [0.2, 0.25) is 0 Å². The van der Waals surface area contributed by atoms with Crippen molar-refractivity contribution in [1.29, 1.82) is 0 Å². The van der Waals surface area contributed by atoms with E-state index >= 15 is 0 Å². The minimum absolute atomic E-state index is 0.0147. The van der Waals surface area contributed by atoms with Gasteiger partial charge < -0.3 is 18.6 Å². The third-order valence-corrected chi connectivity index (χ3v) is 5.59. The molecule has 0 spiro atoms. The molecule has 4 rings (SSSR count). The largest absolute Gasteiger partial charge is 0.497 e. The first kappa shape index (κ1) is 26.5. The number of carbonyl (C=O) groups is 1. The minimum Gasteiger partial charge on any atom is -0.497 e. The molecule has 6 nitrogen and oxygen atoms in total. The van der Waals surface area contributed by atoms with Gasteiger partial charge in [-0.1, -0.05) is 38.1 Å². The predicted molar refractivity (Wildman–Crippen MR) is 136 cm³/mol. The molecule has 4 aromatic rings. The zero-order valence-corrected chi connectivity index (χ0v) is 20.7. The van der Waals surface area contributed by atoms with E-state index in [1.807, 2.05) is 24.3 Å². The van der Waals surface area contributed by atoms with E-state index in [4.69, 9.17) is 18.6 Å². The second kappa shape index (κ2) is 10.8. The van der Waals surface area contributed by atoms with Crippen LogP contribution in [0.15, 0.2) is 82.0 Å². The van der Waals surface area contributed by atoms with E-state index in [2.05, 4.69) is 13.8 Å². The quantitative estimate of drug-likeness (QED) is 0.143. The molecule has 1 heterocycles. The van der Waals surface area contributed by atoms with Crippen molar-refractivity contribution in [3.05, 3.63) is 99.9 Å². The Hall–Kier alpha value is -4.53. The van der Waals surface area contributed by atoms with Gasteiger partial charge in [-0.05, 0) is 59.5 Å². The summed E-state index contributed by atoms with van der Waals surface area (Å²) >= 11 is 0. The van der Waals surface area contributed by atoms with E-state index in [0.29, 0.717) is 11.7 Å². The molecule has 0 bridgehead atoms. The highest BCUT2D eigenvalue weighted by molar-refractivity contribution is 5.89. The van der Waals surface area contributed by atoms with Crippen LogP contribution in [0.4, 0.5) is 13.2 Å². The Labute approximate surface area is 215 Å². The molecule has 0 radical (unpaired) electrons. The fourth-order valence-electron chi connectivity index (χ4n) is 3.57. The maximum Gasteiger partial charge on any atom is 0.453 e. The van der Waals surface area contributed by atoms with Gasteiger partial charge in [-0.15, -0.1) is 0 Å². The first-order valence-electron chi connectivity index (χ1n) is 11.5. The van der Waals surface area contributed by atoms with Crippen LogP contribution in [0.25, 0.3) is 17.0 Å². The lowest BCUT2D eigenvalue weighted by atomic mass is 10.0.